The first-order valence-electron chi connectivity index (χ1n) is 10.1. The molecular formula is C22H23FN4O3S. The Morgan fingerprint density at radius 3 is 2.71 bits per heavy atom. The summed E-state index contributed by atoms with van der Waals surface area (Å²) in [6, 6.07) is 7.84. The number of amides is 1. The molecule has 1 N–H and O–H groups in total. The summed E-state index contributed by atoms with van der Waals surface area (Å²) in [6.07, 6.45) is 6.50. The second-order valence-corrected chi connectivity index (χ2v) is 9.62. The van der Waals surface area contributed by atoms with Crippen molar-refractivity contribution in [2.75, 3.05) is 0 Å². The summed E-state index contributed by atoms with van der Waals surface area (Å²) in [5.74, 6) is -1.20. The van der Waals surface area contributed by atoms with Gasteiger partial charge in [-0.05, 0) is 59.7 Å². The Morgan fingerprint density at radius 2 is 2.06 bits per heavy atom. The molecule has 1 aliphatic rings. The van der Waals surface area contributed by atoms with Gasteiger partial charge in [0.25, 0.3) is 10.0 Å². The topological polar surface area (TPSA) is 94.0 Å². The number of pyridine rings is 1. The molecule has 1 aromatic carbocycles. The number of halogens is 1. The molecule has 162 valence electrons. The lowest BCUT2D eigenvalue weighted by Gasteiger charge is -2.18. The third kappa shape index (κ3) is 4.66. The van der Waals surface area contributed by atoms with Crippen molar-refractivity contribution < 1.29 is 17.6 Å². The molecule has 1 fully saturated rings. The number of carbonyl (C=O) groups excluding carboxylic acids is 1. The van der Waals surface area contributed by atoms with Crippen molar-refractivity contribution in [3.63, 3.8) is 0 Å². The number of benzene rings is 1. The van der Waals surface area contributed by atoms with Crippen molar-refractivity contribution in [2.45, 2.75) is 50.1 Å². The van der Waals surface area contributed by atoms with E-state index in [9.17, 15) is 17.6 Å². The fourth-order valence-corrected chi connectivity index (χ4v) is 4.47. The molecule has 3 aromatic rings. The molecule has 1 aliphatic carbocycles. The van der Waals surface area contributed by atoms with E-state index in [4.69, 9.17) is 0 Å². The predicted octanol–water partition coefficient (Wildman–Crippen LogP) is 3.59. The van der Waals surface area contributed by atoms with E-state index in [1.54, 1.807) is 35.4 Å². The Kier molecular flexibility index (Phi) is 5.62. The van der Waals surface area contributed by atoms with Gasteiger partial charge in [-0.15, -0.1) is 0 Å². The number of rotatable bonds is 7. The highest BCUT2D eigenvalue weighted by atomic mass is 32.2. The molecule has 0 radical (unpaired) electrons. The molecule has 0 aliphatic heterocycles. The maximum Gasteiger partial charge on any atom is 0.283 e. The van der Waals surface area contributed by atoms with Crippen LogP contribution >= 0.6 is 0 Å². The van der Waals surface area contributed by atoms with E-state index in [1.165, 1.54) is 18.2 Å². The number of hydrogen-bond donors (Lipinski definition) is 1. The number of nitrogens with one attached hydrogen (secondary N) is 1. The number of hydrogen-bond acceptors (Lipinski definition) is 5. The monoisotopic (exact) mass is 442 g/mol. The zero-order valence-electron chi connectivity index (χ0n) is 17.2. The molecular weight excluding hydrogens is 419 g/mol. The lowest BCUT2D eigenvalue weighted by Crippen LogP contribution is -2.32. The van der Waals surface area contributed by atoms with Crippen molar-refractivity contribution in [3.05, 3.63) is 65.9 Å². The molecule has 4 rings (SSSR count). The van der Waals surface area contributed by atoms with E-state index >= 15 is 0 Å². The molecule has 0 bridgehead atoms. The Bertz CT molecular complexity index is 1220. The van der Waals surface area contributed by atoms with Crippen LogP contribution in [0.4, 0.5) is 4.39 Å². The van der Waals surface area contributed by atoms with Gasteiger partial charge in [0.15, 0.2) is 5.03 Å². The van der Waals surface area contributed by atoms with Gasteiger partial charge >= 0.3 is 0 Å². The van der Waals surface area contributed by atoms with Gasteiger partial charge in [0.1, 0.15) is 5.82 Å². The van der Waals surface area contributed by atoms with Crippen LogP contribution in [-0.2, 0) is 21.2 Å². The quantitative estimate of drug-likeness (QED) is 0.604. The molecule has 31 heavy (non-hydrogen) atoms. The van der Waals surface area contributed by atoms with Crippen LogP contribution in [0, 0.1) is 5.82 Å². The Balaban J connectivity index is 1.63. The Labute approximate surface area is 180 Å². The van der Waals surface area contributed by atoms with Gasteiger partial charge in [-0.25, -0.2) is 9.11 Å². The van der Waals surface area contributed by atoms with E-state index in [-0.39, 0.29) is 23.4 Å². The summed E-state index contributed by atoms with van der Waals surface area (Å²) in [5, 5.41) is 3.89. The van der Waals surface area contributed by atoms with Crippen LogP contribution in [0.25, 0.3) is 11.1 Å². The average Bonchev–Trinajstić information content (AvgIpc) is 3.44. The van der Waals surface area contributed by atoms with Crippen LogP contribution in [-0.4, -0.2) is 29.1 Å². The van der Waals surface area contributed by atoms with Gasteiger partial charge in [-0.2, -0.15) is 13.5 Å². The molecule has 0 saturated heterocycles. The van der Waals surface area contributed by atoms with Gasteiger partial charge in [0.2, 0.25) is 5.91 Å². The van der Waals surface area contributed by atoms with Crippen molar-refractivity contribution >= 4 is 15.9 Å². The van der Waals surface area contributed by atoms with Crippen LogP contribution in [0.5, 0.6) is 0 Å². The molecule has 0 spiro atoms. The molecule has 0 atom stereocenters. The second-order valence-electron chi connectivity index (χ2n) is 7.99. The first kappa shape index (κ1) is 21.2. The largest absolute Gasteiger partial charge is 0.283 e. The minimum absolute atomic E-state index is 0.0697. The summed E-state index contributed by atoms with van der Waals surface area (Å²) in [4.78, 5) is 16.8. The number of carbonyl (C=O) groups is 1. The molecule has 0 unspecified atom stereocenters. The van der Waals surface area contributed by atoms with Crippen LogP contribution < -0.4 is 4.72 Å². The van der Waals surface area contributed by atoms with Crippen molar-refractivity contribution in [3.8, 4) is 11.1 Å². The first-order chi connectivity index (χ1) is 14.7. The standard InChI is InChI=1S/C22H23FN4O3S/c1-14(2)18-10-16(23)11-19(15-4-3-8-24-13-15)20(18)12-21(28)26-31(29,30)22-7-9-27(25-22)17-5-6-17/h3-4,7-11,13-14,17H,5-6,12H2,1-2H3,(H,26,28). The summed E-state index contributed by atoms with van der Waals surface area (Å²) in [5.41, 5.74) is 2.38. The minimum atomic E-state index is -4.10. The Morgan fingerprint density at radius 1 is 1.29 bits per heavy atom. The molecule has 2 heterocycles. The highest BCUT2D eigenvalue weighted by Crippen LogP contribution is 2.34. The molecule has 7 nitrogen and oxygen atoms in total. The minimum Gasteiger partial charge on any atom is -0.274 e. The van der Waals surface area contributed by atoms with Crippen molar-refractivity contribution in [1.29, 1.82) is 0 Å². The van der Waals surface area contributed by atoms with E-state index in [0.717, 1.165) is 12.8 Å². The fourth-order valence-electron chi connectivity index (χ4n) is 3.56. The van der Waals surface area contributed by atoms with Crippen molar-refractivity contribution in [1.82, 2.24) is 19.5 Å². The zero-order valence-corrected chi connectivity index (χ0v) is 18.1. The third-order valence-electron chi connectivity index (χ3n) is 5.21. The highest BCUT2D eigenvalue weighted by Gasteiger charge is 2.28. The van der Waals surface area contributed by atoms with E-state index in [2.05, 4.69) is 14.8 Å². The SMILES string of the molecule is CC(C)c1cc(F)cc(-c2cccnc2)c1CC(=O)NS(=O)(=O)c1ccn(C2CC2)n1. The van der Waals surface area contributed by atoms with Crippen LogP contribution in [0.2, 0.25) is 0 Å². The van der Waals surface area contributed by atoms with E-state index < -0.39 is 21.7 Å². The van der Waals surface area contributed by atoms with Gasteiger partial charge in [0, 0.05) is 24.2 Å². The van der Waals surface area contributed by atoms with Gasteiger partial charge < -0.3 is 0 Å². The summed E-state index contributed by atoms with van der Waals surface area (Å²) in [7, 11) is -4.10. The number of aromatic nitrogens is 3. The third-order valence-corrected chi connectivity index (χ3v) is 6.47. The molecule has 9 heteroatoms. The smallest absolute Gasteiger partial charge is 0.274 e. The van der Waals surface area contributed by atoms with Gasteiger partial charge in [-0.1, -0.05) is 19.9 Å². The average molecular weight is 443 g/mol. The highest BCUT2D eigenvalue weighted by molar-refractivity contribution is 7.90. The van der Waals surface area contributed by atoms with E-state index in [0.29, 0.717) is 22.3 Å². The molecule has 1 saturated carbocycles. The number of sulfonamides is 1. The van der Waals surface area contributed by atoms with E-state index in [1.807, 2.05) is 13.8 Å². The summed E-state index contributed by atoms with van der Waals surface area (Å²) in [6.45, 7) is 3.79. The van der Waals surface area contributed by atoms with Crippen LogP contribution in [0.1, 0.15) is 49.8 Å². The van der Waals surface area contributed by atoms with Crippen LogP contribution in [0.3, 0.4) is 0 Å². The summed E-state index contributed by atoms with van der Waals surface area (Å²) < 4.78 is 43.3. The second kappa shape index (κ2) is 8.22. The molecule has 1 amide bonds. The lowest BCUT2D eigenvalue weighted by atomic mass is 9.88. The fraction of sp³-hybridized carbons (Fsp3) is 0.318. The first-order valence-corrected chi connectivity index (χ1v) is 11.6. The molecule has 2 aromatic heterocycles. The maximum atomic E-state index is 14.3. The zero-order chi connectivity index (χ0) is 22.2. The van der Waals surface area contributed by atoms with Gasteiger partial charge in [-0.3, -0.25) is 14.5 Å². The van der Waals surface area contributed by atoms with Crippen molar-refractivity contribution in [2.24, 2.45) is 0 Å². The lowest BCUT2D eigenvalue weighted by molar-refractivity contribution is -0.118. The predicted molar refractivity (Wildman–Crippen MR) is 113 cm³/mol. The number of nitrogens with zero attached hydrogens (tertiary/aromatic N) is 3. The maximum absolute atomic E-state index is 14.3. The Hall–Kier alpha value is -3.07. The van der Waals surface area contributed by atoms with Crippen LogP contribution in [0.15, 0.2) is 53.9 Å². The van der Waals surface area contributed by atoms with Gasteiger partial charge in [0.05, 0.1) is 12.5 Å². The summed E-state index contributed by atoms with van der Waals surface area (Å²) >= 11 is 0. The normalized spacial score (nSPS) is 14.1.